The zero-order chi connectivity index (χ0) is 25.6. The number of nitrogens with zero attached hydrogens (tertiary/aromatic N) is 3. The van der Waals surface area contributed by atoms with Gasteiger partial charge in [-0.1, -0.05) is 44.2 Å². The Balaban J connectivity index is 1.60. The molecule has 0 aliphatic heterocycles. The maximum Gasteiger partial charge on any atom is 0.132 e. The number of halogens is 3. The van der Waals surface area contributed by atoms with E-state index in [0.717, 1.165) is 14.9 Å². The smallest absolute Gasteiger partial charge is 0.132 e. The monoisotopic (exact) mass is 721 g/mol. The largest absolute Gasteiger partial charge is 0.492 e. The highest BCUT2D eigenvalue weighted by Gasteiger charge is 2.24. The lowest BCUT2D eigenvalue weighted by Crippen LogP contribution is -2.25. The maximum atomic E-state index is 10.3. The van der Waals surface area contributed by atoms with Gasteiger partial charge in [0.25, 0.3) is 0 Å². The molecule has 0 bridgehead atoms. The minimum atomic E-state index is -0.761. The molecule has 1 heterocycles. The molecule has 0 radical (unpaired) electrons. The molecule has 0 saturated carbocycles. The molecule has 0 aliphatic carbocycles. The topological polar surface area (TPSA) is 89.6 Å². The Kier molecular flexibility index (Phi) is 10.5. The van der Waals surface area contributed by atoms with Crippen molar-refractivity contribution < 1.29 is 19.7 Å². The SMILES string of the molecule is C[C@@H](CCl)COc1ccc(C(C)(C)c2ccc(OC[C@H](O)Cn3nnc(CO)c3[123I])cc2)cc1I. The summed E-state index contributed by atoms with van der Waals surface area (Å²) < 4.78 is 15.0. The van der Waals surface area contributed by atoms with Gasteiger partial charge in [-0.2, -0.15) is 0 Å². The van der Waals surface area contributed by atoms with E-state index in [9.17, 15) is 10.2 Å². The van der Waals surface area contributed by atoms with Crippen molar-refractivity contribution in [2.24, 2.45) is 5.92 Å². The Morgan fingerprint density at radius 2 is 1.80 bits per heavy atom. The first kappa shape index (κ1) is 28.4. The zero-order valence-electron chi connectivity index (χ0n) is 19.9. The van der Waals surface area contributed by atoms with Gasteiger partial charge < -0.3 is 19.7 Å². The molecular formula is C25H30ClI2N3O4. The quantitative estimate of drug-likeness (QED) is 0.202. The number of aliphatic hydroxyl groups is 2. The fourth-order valence-corrected chi connectivity index (χ4v) is 4.75. The van der Waals surface area contributed by atoms with Crippen molar-refractivity contribution in [1.29, 1.82) is 0 Å². The third-order valence-corrected chi connectivity index (χ3v) is 8.28. The number of hydrogen-bond donors (Lipinski definition) is 2. The van der Waals surface area contributed by atoms with Gasteiger partial charge in [0.15, 0.2) is 0 Å². The lowest BCUT2D eigenvalue weighted by atomic mass is 9.78. The van der Waals surface area contributed by atoms with Crippen molar-refractivity contribution in [2.75, 3.05) is 19.1 Å². The molecule has 35 heavy (non-hydrogen) atoms. The maximum absolute atomic E-state index is 10.3. The summed E-state index contributed by atoms with van der Waals surface area (Å²) in [6, 6.07) is 14.2. The summed E-state index contributed by atoms with van der Waals surface area (Å²) >= 11 is 10.3. The van der Waals surface area contributed by atoms with Crippen molar-refractivity contribution in [3.8, 4) is 11.5 Å². The van der Waals surface area contributed by atoms with E-state index in [0.29, 0.717) is 33.5 Å². The summed E-state index contributed by atoms with van der Waals surface area (Å²) in [6.45, 7) is 7.22. The van der Waals surface area contributed by atoms with Crippen LogP contribution in [0.3, 0.4) is 0 Å². The number of aromatic nitrogens is 3. The Labute approximate surface area is 238 Å². The van der Waals surface area contributed by atoms with Gasteiger partial charge in [0, 0.05) is 17.2 Å². The van der Waals surface area contributed by atoms with E-state index >= 15 is 0 Å². The van der Waals surface area contributed by atoms with Gasteiger partial charge in [-0.15, -0.1) is 16.7 Å². The van der Waals surface area contributed by atoms with Gasteiger partial charge in [0.1, 0.15) is 33.6 Å². The summed E-state index contributed by atoms with van der Waals surface area (Å²) in [6.07, 6.45) is -0.761. The molecule has 0 saturated heterocycles. The van der Waals surface area contributed by atoms with Crippen LogP contribution in [0, 0.1) is 13.2 Å². The standard InChI is InChI=1S/C25H30ClI2N3O4/c1-16(11-26)14-35-23-9-6-18(10-21(23)27)25(2,3)17-4-7-20(8-5-17)34-15-19(33)12-31-24(28)22(13-32)29-30-31/h4-10,16,19,32-33H,11-15H2,1-3H3/t16-,19+/m0/s1/i28-4. The van der Waals surface area contributed by atoms with Crippen molar-refractivity contribution in [3.05, 3.63) is 66.6 Å². The third kappa shape index (κ3) is 7.43. The molecule has 0 unspecified atom stereocenters. The second kappa shape index (κ2) is 12.9. The van der Waals surface area contributed by atoms with Crippen LogP contribution in [-0.4, -0.2) is 50.4 Å². The van der Waals surface area contributed by atoms with Gasteiger partial charge in [0.2, 0.25) is 0 Å². The molecule has 1 aromatic heterocycles. The number of hydrogen-bond acceptors (Lipinski definition) is 6. The van der Waals surface area contributed by atoms with E-state index in [2.05, 4.69) is 101 Å². The summed E-state index contributed by atoms with van der Waals surface area (Å²) in [4.78, 5) is 0. The van der Waals surface area contributed by atoms with Gasteiger partial charge in [-0.25, -0.2) is 4.68 Å². The second-order valence-electron chi connectivity index (χ2n) is 9.00. The Bertz CT molecular complexity index is 1110. The Morgan fingerprint density at radius 3 is 2.40 bits per heavy atom. The molecular weight excluding hydrogens is 692 g/mol. The zero-order valence-corrected chi connectivity index (χ0v) is 25.0. The van der Waals surface area contributed by atoms with E-state index in [1.54, 1.807) is 4.68 Å². The molecule has 7 nitrogen and oxygen atoms in total. The summed E-state index contributed by atoms with van der Waals surface area (Å²) in [5, 5.41) is 27.4. The number of benzene rings is 2. The van der Waals surface area contributed by atoms with E-state index in [1.165, 1.54) is 5.56 Å². The number of ether oxygens (including phenoxy) is 2. The lowest BCUT2D eigenvalue weighted by molar-refractivity contribution is 0.0881. The molecule has 3 rings (SSSR count). The normalized spacial score (nSPS) is 13.5. The van der Waals surface area contributed by atoms with Crippen LogP contribution in [0.15, 0.2) is 42.5 Å². The molecule has 2 N–H and O–H groups in total. The third-order valence-electron chi connectivity index (χ3n) is 5.73. The van der Waals surface area contributed by atoms with E-state index in [-0.39, 0.29) is 25.2 Å². The molecule has 0 aliphatic rings. The van der Waals surface area contributed by atoms with Crippen molar-refractivity contribution in [2.45, 2.75) is 45.4 Å². The van der Waals surface area contributed by atoms with Crippen LogP contribution in [0.4, 0.5) is 0 Å². The number of alkyl halides is 1. The Hall–Kier alpha value is -1.15. The van der Waals surface area contributed by atoms with E-state index in [4.69, 9.17) is 21.1 Å². The molecule has 0 fully saturated rings. The van der Waals surface area contributed by atoms with Gasteiger partial charge in [-0.05, 0) is 80.6 Å². The van der Waals surface area contributed by atoms with Crippen LogP contribution in [0.1, 0.15) is 37.6 Å². The van der Waals surface area contributed by atoms with Crippen LogP contribution in [-0.2, 0) is 18.6 Å². The molecule has 0 spiro atoms. The average molecular weight is 722 g/mol. The fraction of sp³-hybridized carbons (Fsp3) is 0.440. The van der Waals surface area contributed by atoms with E-state index < -0.39 is 6.10 Å². The van der Waals surface area contributed by atoms with E-state index in [1.807, 2.05) is 18.2 Å². The highest BCUT2D eigenvalue weighted by atomic mass is 127. The lowest BCUT2D eigenvalue weighted by Gasteiger charge is -2.27. The van der Waals surface area contributed by atoms with Crippen LogP contribution in [0.25, 0.3) is 0 Å². The molecule has 2 aromatic carbocycles. The molecule has 190 valence electrons. The first-order chi connectivity index (χ1) is 16.6. The first-order valence-corrected chi connectivity index (χ1v) is 13.9. The minimum absolute atomic E-state index is 0.120. The Morgan fingerprint density at radius 1 is 1.11 bits per heavy atom. The van der Waals surface area contributed by atoms with Crippen molar-refractivity contribution >= 4 is 56.8 Å². The first-order valence-electron chi connectivity index (χ1n) is 11.2. The van der Waals surface area contributed by atoms with Crippen LogP contribution < -0.4 is 9.47 Å². The van der Waals surface area contributed by atoms with Crippen molar-refractivity contribution in [1.82, 2.24) is 15.0 Å². The molecule has 10 heteroatoms. The summed E-state index contributed by atoms with van der Waals surface area (Å²) in [7, 11) is 0. The average Bonchev–Trinajstić information content (AvgIpc) is 3.20. The fourth-order valence-electron chi connectivity index (χ4n) is 3.41. The molecule has 3 aromatic rings. The number of rotatable bonds is 12. The molecule has 0 amide bonds. The summed E-state index contributed by atoms with van der Waals surface area (Å²) in [5.74, 6) is 2.43. The minimum Gasteiger partial charge on any atom is -0.492 e. The van der Waals surface area contributed by atoms with Crippen LogP contribution >= 0.6 is 56.8 Å². The van der Waals surface area contributed by atoms with Gasteiger partial charge in [0.05, 0.1) is 23.3 Å². The predicted molar refractivity (Wildman–Crippen MR) is 153 cm³/mol. The van der Waals surface area contributed by atoms with Crippen LogP contribution in [0.5, 0.6) is 11.5 Å². The number of aliphatic hydroxyl groups excluding tert-OH is 2. The van der Waals surface area contributed by atoms with Gasteiger partial charge >= 0.3 is 0 Å². The van der Waals surface area contributed by atoms with Crippen molar-refractivity contribution in [3.63, 3.8) is 0 Å². The highest BCUT2D eigenvalue weighted by molar-refractivity contribution is 14.1. The summed E-state index contributed by atoms with van der Waals surface area (Å²) in [5.41, 5.74) is 2.62. The van der Waals surface area contributed by atoms with Crippen LogP contribution in [0.2, 0.25) is 0 Å². The highest BCUT2D eigenvalue weighted by Crippen LogP contribution is 2.35. The second-order valence-corrected chi connectivity index (χ2v) is 11.5. The molecule has 2 atom stereocenters. The van der Waals surface area contributed by atoms with Gasteiger partial charge in [-0.3, -0.25) is 0 Å². The predicted octanol–water partition coefficient (Wildman–Crippen LogP) is 5.00.